The minimum atomic E-state index is -0.336. The molecule has 8 heteroatoms. The van der Waals surface area contributed by atoms with Crippen LogP contribution in [0, 0.1) is 6.92 Å². The van der Waals surface area contributed by atoms with Crippen LogP contribution in [-0.2, 0) is 4.79 Å². The zero-order chi connectivity index (χ0) is 17.1. The number of rotatable bonds is 4. The van der Waals surface area contributed by atoms with E-state index in [1.165, 1.54) is 23.2 Å². The lowest BCUT2D eigenvalue weighted by atomic mass is 10.4. The molecule has 0 radical (unpaired) electrons. The summed E-state index contributed by atoms with van der Waals surface area (Å²) in [6.45, 7) is 1.80. The number of nitrogens with one attached hydrogen (secondary N) is 1. The molecule has 0 atom stereocenters. The van der Waals surface area contributed by atoms with Crippen LogP contribution in [0.1, 0.15) is 11.5 Å². The number of nitrogens with zero attached hydrogens (tertiary/aromatic N) is 3. The summed E-state index contributed by atoms with van der Waals surface area (Å²) < 4.78 is 6.58. The van der Waals surface area contributed by atoms with Crippen molar-refractivity contribution in [3.63, 3.8) is 0 Å². The standard InChI is InChI=1S/C16H12Cl2N4O2/c1-10-7-14(20-15(23)5-4-12-3-2-6-24-12)22(21-10)16-13(18)8-11(17)9-19-16/h2-9H,1H3,(H,20,23)/b5-4+. The summed E-state index contributed by atoms with van der Waals surface area (Å²) in [7, 11) is 0. The van der Waals surface area contributed by atoms with E-state index in [1.807, 2.05) is 0 Å². The Hall–Kier alpha value is -2.57. The zero-order valence-electron chi connectivity index (χ0n) is 12.5. The number of aryl methyl sites for hydroxylation is 1. The van der Waals surface area contributed by atoms with Crippen LogP contribution in [0.5, 0.6) is 0 Å². The lowest BCUT2D eigenvalue weighted by Gasteiger charge is -2.08. The van der Waals surface area contributed by atoms with Crippen LogP contribution in [0.25, 0.3) is 11.9 Å². The van der Waals surface area contributed by atoms with Crippen LogP contribution >= 0.6 is 23.2 Å². The van der Waals surface area contributed by atoms with Gasteiger partial charge in [-0.05, 0) is 31.2 Å². The van der Waals surface area contributed by atoms with Crippen molar-refractivity contribution in [3.8, 4) is 5.82 Å². The number of amides is 1. The Balaban J connectivity index is 1.85. The molecule has 0 saturated heterocycles. The lowest BCUT2D eigenvalue weighted by Crippen LogP contribution is -2.13. The molecule has 0 aliphatic rings. The largest absolute Gasteiger partial charge is 0.465 e. The van der Waals surface area contributed by atoms with Crippen LogP contribution in [0.3, 0.4) is 0 Å². The Labute approximate surface area is 147 Å². The van der Waals surface area contributed by atoms with Crippen molar-refractivity contribution < 1.29 is 9.21 Å². The second kappa shape index (κ2) is 6.90. The highest BCUT2D eigenvalue weighted by Gasteiger charge is 2.14. The highest BCUT2D eigenvalue weighted by Crippen LogP contribution is 2.24. The Morgan fingerprint density at radius 3 is 2.92 bits per heavy atom. The summed E-state index contributed by atoms with van der Waals surface area (Å²) in [6, 6.07) is 6.76. The van der Waals surface area contributed by atoms with Crippen molar-refractivity contribution in [1.29, 1.82) is 0 Å². The first-order valence-corrected chi connectivity index (χ1v) is 7.69. The van der Waals surface area contributed by atoms with Crippen molar-refractivity contribution in [3.05, 3.63) is 64.3 Å². The van der Waals surface area contributed by atoms with Gasteiger partial charge in [0.15, 0.2) is 5.82 Å². The average Bonchev–Trinajstić information content (AvgIpc) is 3.15. The number of hydrogen-bond donors (Lipinski definition) is 1. The van der Waals surface area contributed by atoms with E-state index in [4.69, 9.17) is 27.6 Å². The van der Waals surface area contributed by atoms with E-state index in [-0.39, 0.29) is 5.91 Å². The highest BCUT2D eigenvalue weighted by atomic mass is 35.5. The van der Waals surface area contributed by atoms with Crippen molar-refractivity contribution in [1.82, 2.24) is 14.8 Å². The fourth-order valence-corrected chi connectivity index (χ4v) is 2.49. The van der Waals surface area contributed by atoms with Gasteiger partial charge < -0.3 is 9.73 Å². The summed E-state index contributed by atoms with van der Waals surface area (Å²) in [5, 5.41) is 7.78. The third kappa shape index (κ3) is 3.67. The van der Waals surface area contributed by atoms with Gasteiger partial charge in [0, 0.05) is 18.3 Å². The minimum absolute atomic E-state index is 0.326. The van der Waals surface area contributed by atoms with Gasteiger partial charge in [-0.2, -0.15) is 9.78 Å². The summed E-state index contributed by atoms with van der Waals surface area (Å²) >= 11 is 12.0. The summed E-state index contributed by atoms with van der Waals surface area (Å²) in [5.74, 6) is 1.06. The molecule has 0 fully saturated rings. The minimum Gasteiger partial charge on any atom is -0.465 e. The predicted molar refractivity (Wildman–Crippen MR) is 92.5 cm³/mol. The normalized spacial score (nSPS) is 11.1. The molecule has 3 rings (SSSR count). The molecule has 6 nitrogen and oxygen atoms in total. The Morgan fingerprint density at radius 1 is 1.38 bits per heavy atom. The smallest absolute Gasteiger partial charge is 0.249 e. The van der Waals surface area contributed by atoms with Gasteiger partial charge in [0.2, 0.25) is 5.91 Å². The summed E-state index contributed by atoms with van der Waals surface area (Å²) in [5.41, 5.74) is 0.702. The van der Waals surface area contributed by atoms with E-state index >= 15 is 0 Å². The molecule has 1 N–H and O–H groups in total. The third-order valence-corrected chi connectivity index (χ3v) is 3.50. The number of furan rings is 1. The number of aromatic nitrogens is 3. The Kier molecular flexibility index (Phi) is 4.69. The van der Waals surface area contributed by atoms with Crippen LogP contribution in [-0.4, -0.2) is 20.7 Å². The highest BCUT2D eigenvalue weighted by molar-refractivity contribution is 6.35. The third-order valence-electron chi connectivity index (χ3n) is 3.01. The second-order valence-corrected chi connectivity index (χ2v) is 5.72. The van der Waals surface area contributed by atoms with Gasteiger partial charge in [0.05, 0.1) is 22.0 Å². The van der Waals surface area contributed by atoms with E-state index in [9.17, 15) is 4.79 Å². The molecule has 3 aromatic rings. The molecule has 3 aromatic heterocycles. The first kappa shape index (κ1) is 16.3. The monoisotopic (exact) mass is 362 g/mol. The first-order valence-electron chi connectivity index (χ1n) is 6.93. The average molecular weight is 363 g/mol. The van der Waals surface area contributed by atoms with E-state index in [1.54, 1.807) is 37.3 Å². The van der Waals surface area contributed by atoms with Crippen molar-refractivity contribution >= 4 is 41.0 Å². The SMILES string of the molecule is Cc1cc(NC(=O)/C=C/c2ccco2)n(-c2ncc(Cl)cc2Cl)n1. The van der Waals surface area contributed by atoms with Crippen LogP contribution in [0.15, 0.2) is 47.2 Å². The molecule has 3 heterocycles. The van der Waals surface area contributed by atoms with Gasteiger partial charge in [0.1, 0.15) is 11.6 Å². The molecule has 0 saturated carbocycles. The first-order chi connectivity index (χ1) is 11.5. The molecule has 1 amide bonds. The maximum absolute atomic E-state index is 12.1. The maximum atomic E-state index is 12.1. The van der Waals surface area contributed by atoms with Gasteiger partial charge in [-0.3, -0.25) is 4.79 Å². The number of carbonyl (C=O) groups is 1. The van der Waals surface area contributed by atoms with Gasteiger partial charge in [-0.15, -0.1) is 0 Å². The van der Waals surface area contributed by atoms with Crippen LogP contribution < -0.4 is 5.32 Å². The molecule has 24 heavy (non-hydrogen) atoms. The number of carbonyl (C=O) groups excluding carboxylic acids is 1. The molecule has 0 aliphatic heterocycles. The van der Waals surface area contributed by atoms with Crippen molar-refractivity contribution in [2.45, 2.75) is 6.92 Å². The molecule has 0 unspecified atom stereocenters. The zero-order valence-corrected chi connectivity index (χ0v) is 14.0. The van der Waals surface area contributed by atoms with E-state index in [2.05, 4.69) is 15.4 Å². The number of hydrogen-bond acceptors (Lipinski definition) is 4. The molecule has 0 bridgehead atoms. The number of halogens is 2. The fourth-order valence-electron chi connectivity index (χ4n) is 2.02. The van der Waals surface area contributed by atoms with E-state index in [0.29, 0.717) is 33.1 Å². The molecular weight excluding hydrogens is 351 g/mol. The van der Waals surface area contributed by atoms with Gasteiger partial charge in [0.25, 0.3) is 0 Å². The molecule has 0 aliphatic carbocycles. The molecule has 122 valence electrons. The second-order valence-electron chi connectivity index (χ2n) is 4.88. The Morgan fingerprint density at radius 2 is 2.21 bits per heavy atom. The van der Waals surface area contributed by atoms with Gasteiger partial charge in [-0.25, -0.2) is 4.98 Å². The molecule has 0 spiro atoms. The van der Waals surface area contributed by atoms with Crippen LogP contribution in [0.4, 0.5) is 5.82 Å². The molecular formula is C16H12Cl2N4O2. The predicted octanol–water partition coefficient (Wildman–Crippen LogP) is 4.13. The van der Waals surface area contributed by atoms with Gasteiger partial charge in [-0.1, -0.05) is 23.2 Å². The molecule has 0 aromatic carbocycles. The maximum Gasteiger partial charge on any atom is 0.249 e. The van der Waals surface area contributed by atoms with E-state index in [0.717, 1.165) is 0 Å². The topological polar surface area (TPSA) is 73.0 Å². The number of anilines is 1. The quantitative estimate of drug-likeness (QED) is 0.708. The lowest BCUT2D eigenvalue weighted by molar-refractivity contribution is -0.111. The Bertz CT molecular complexity index is 901. The van der Waals surface area contributed by atoms with Crippen LogP contribution in [0.2, 0.25) is 10.0 Å². The van der Waals surface area contributed by atoms with E-state index < -0.39 is 0 Å². The fraction of sp³-hybridized carbons (Fsp3) is 0.0625. The number of pyridine rings is 1. The van der Waals surface area contributed by atoms with Gasteiger partial charge >= 0.3 is 0 Å². The van der Waals surface area contributed by atoms with Crippen molar-refractivity contribution in [2.24, 2.45) is 0 Å². The van der Waals surface area contributed by atoms with Crippen molar-refractivity contribution in [2.75, 3.05) is 5.32 Å². The summed E-state index contributed by atoms with van der Waals surface area (Å²) in [4.78, 5) is 16.3. The summed E-state index contributed by atoms with van der Waals surface area (Å²) in [6.07, 6.45) is 5.92.